The van der Waals surface area contributed by atoms with E-state index in [0.29, 0.717) is 12.0 Å². The Morgan fingerprint density at radius 2 is 2.16 bits per heavy atom. The van der Waals surface area contributed by atoms with Gasteiger partial charge in [0.1, 0.15) is 0 Å². The monoisotopic (exact) mass is 269 g/mol. The second kappa shape index (κ2) is 6.47. The number of hydrazone groups is 1. The molecule has 94 valence electrons. The number of rotatable bonds is 4. The van der Waals surface area contributed by atoms with Gasteiger partial charge in [0.05, 0.1) is 24.3 Å². The molecule has 0 aliphatic heterocycles. The van der Waals surface area contributed by atoms with Crippen molar-refractivity contribution in [2.24, 2.45) is 5.10 Å². The first kappa shape index (κ1) is 13.0. The normalized spacial score (nSPS) is 10.3. The maximum atomic E-state index is 11.5. The third kappa shape index (κ3) is 4.05. The summed E-state index contributed by atoms with van der Waals surface area (Å²) in [4.78, 5) is 12.5. The number of hydrogen-bond acceptors (Lipinski definition) is 4. The molecule has 0 bridgehead atoms. The number of amides is 1. The summed E-state index contributed by atoms with van der Waals surface area (Å²) in [6.07, 6.45) is 1.88. The summed E-state index contributed by atoms with van der Waals surface area (Å²) in [5, 5.41) is 14.5. The van der Waals surface area contributed by atoms with E-state index in [1.165, 1.54) is 0 Å². The van der Waals surface area contributed by atoms with E-state index in [2.05, 4.69) is 10.5 Å². The Hall–Kier alpha value is -2.45. The van der Waals surface area contributed by atoms with Crippen LogP contribution in [0.5, 0.6) is 0 Å². The van der Waals surface area contributed by atoms with Crippen LogP contribution in [-0.4, -0.2) is 12.1 Å². The number of nitrogens with zero attached hydrogens (tertiary/aromatic N) is 2. The summed E-state index contributed by atoms with van der Waals surface area (Å²) < 4.78 is 0. The van der Waals surface area contributed by atoms with Crippen LogP contribution in [0.15, 0.2) is 46.9 Å². The molecule has 0 aliphatic rings. The molecule has 0 radical (unpaired) electrons. The third-order valence-electron chi connectivity index (χ3n) is 2.36. The highest BCUT2D eigenvalue weighted by atomic mass is 32.1. The van der Waals surface area contributed by atoms with Crippen LogP contribution in [0.3, 0.4) is 0 Å². The van der Waals surface area contributed by atoms with Crippen LogP contribution in [0, 0.1) is 11.3 Å². The topological polar surface area (TPSA) is 65.2 Å². The van der Waals surface area contributed by atoms with Gasteiger partial charge < -0.3 is 0 Å². The fourth-order valence-corrected chi connectivity index (χ4v) is 2.14. The van der Waals surface area contributed by atoms with Gasteiger partial charge in [-0.3, -0.25) is 4.79 Å². The highest BCUT2D eigenvalue weighted by molar-refractivity contribution is 7.10. The minimum Gasteiger partial charge on any atom is -0.273 e. The molecule has 0 aliphatic carbocycles. The van der Waals surface area contributed by atoms with Crippen molar-refractivity contribution in [1.82, 2.24) is 5.43 Å². The summed E-state index contributed by atoms with van der Waals surface area (Å²) in [6, 6.07) is 12.8. The van der Waals surface area contributed by atoms with Crippen LogP contribution in [0.4, 0.5) is 0 Å². The van der Waals surface area contributed by atoms with Gasteiger partial charge in [-0.1, -0.05) is 18.2 Å². The van der Waals surface area contributed by atoms with Crippen LogP contribution in [0.2, 0.25) is 0 Å². The van der Waals surface area contributed by atoms with Crippen LogP contribution in [0.1, 0.15) is 16.0 Å². The molecule has 1 aromatic heterocycles. The zero-order valence-electron chi connectivity index (χ0n) is 10.0. The Kier molecular flexibility index (Phi) is 4.43. The van der Waals surface area contributed by atoms with Gasteiger partial charge in [-0.05, 0) is 29.1 Å². The predicted molar refractivity (Wildman–Crippen MR) is 74.9 cm³/mol. The largest absolute Gasteiger partial charge is 0.273 e. The van der Waals surface area contributed by atoms with E-state index in [9.17, 15) is 4.79 Å². The average molecular weight is 269 g/mol. The number of nitriles is 1. The molecule has 0 unspecified atom stereocenters. The number of hydrogen-bond donors (Lipinski definition) is 1. The lowest BCUT2D eigenvalue weighted by Gasteiger charge is -1.97. The molecular formula is C14H11N3OS. The first-order valence-corrected chi connectivity index (χ1v) is 6.50. The van der Waals surface area contributed by atoms with E-state index in [1.54, 1.807) is 41.8 Å². The number of benzene rings is 1. The number of thiophene rings is 1. The van der Waals surface area contributed by atoms with Gasteiger partial charge in [-0.25, -0.2) is 5.43 Å². The highest BCUT2D eigenvalue weighted by Crippen LogP contribution is 2.08. The molecule has 2 rings (SSSR count). The molecule has 1 N–H and O–H groups in total. The molecule has 19 heavy (non-hydrogen) atoms. The molecule has 2 aromatic rings. The van der Waals surface area contributed by atoms with E-state index in [0.717, 1.165) is 10.4 Å². The fourth-order valence-electron chi connectivity index (χ4n) is 1.43. The van der Waals surface area contributed by atoms with Crippen LogP contribution >= 0.6 is 11.3 Å². The SMILES string of the molecule is N#Cc1ccc(/C=N\NC(=O)Cc2cccs2)cc1. The number of carbonyl (C=O) groups excluding carboxylic acids is 1. The van der Waals surface area contributed by atoms with Crippen LogP contribution in [0.25, 0.3) is 0 Å². The van der Waals surface area contributed by atoms with E-state index in [4.69, 9.17) is 5.26 Å². The smallest absolute Gasteiger partial charge is 0.245 e. The molecule has 1 aromatic carbocycles. The third-order valence-corrected chi connectivity index (χ3v) is 3.23. The van der Waals surface area contributed by atoms with Crippen molar-refractivity contribution in [2.45, 2.75) is 6.42 Å². The Morgan fingerprint density at radius 3 is 2.79 bits per heavy atom. The zero-order chi connectivity index (χ0) is 13.5. The Morgan fingerprint density at radius 1 is 1.37 bits per heavy atom. The molecular weight excluding hydrogens is 258 g/mol. The molecule has 0 spiro atoms. The molecule has 1 heterocycles. The summed E-state index contributed by atoms with van der Waals surface area (Å²) in [6.45, 7) is 0. The van der Waals surface area contributed by atoms with Crippen LogP contribution < -0.4 is 5.43 Å². The Balaban J connectivity index is 1.85. The second-order valence-electron chi connectivity index (χ2n) is 3.78. The zero-order valence-corrected chi connectivity index (χ0v) is 10.9. The highest BCUT2D eigenvalue weighted by Gasteiger charge is 2.01. The maximum absolute atomic E-state index is 11.5. The standard InChI is InChI=1S/C14H11N3OS/c15-9-11-3-5-12(6-4-11)10-16-17-14(18)8-13-2-1-7-19-13/h1-7,10H,8H2,(H,17,18)/b16-10-. The summed E-state index contributed by atoms with van der Waals surface area (Å²) in [7, 11) is 0. The van der Waals surface area contributed by atoms with E-state index >= 15 is 0 Å². The van der Waals surface area contributed by atoms with Gasteiger partial charge in [0, 0.05) is 4.88 Å². The number of carbonyl (C=O) groups is 1. The molecule has 0 saturated heterocycles. The molecule has 1 amide bonds. The summed E-state index contributed by atoms with van der Waals surface area (Å²) in [5.74, 6) is -0.146. The lowest BCUT2D eigenvalue weighted by atomic mass is 10.2. The summed E-state index contributed by atoms with van der Waals surface area (Å²) >= 11 is 1.54. The van der Waals surface area contributed by atoms with E-state index in [1.807, 2.05) is 23.6 Å². The van der Waals surface area contributed by atoms with Gasteiger partial charge in [0.25, 0.3) is 0 Å². The van der Waals surface area contributed by atoms with Crippen molar-refractivity contribution in [2.75, 3.05) is 0 Å². The first-order valence-electron chi connectivity index (χ1n) is 5.62. The Bertz CT molecular complexity index is 609. The predicted octanol–water partition coefficient (Wildman–Crippen LogP) is 2.31. The second-order valence-corrected chi connectivity index (χ2v) is 4.82. The van der Waals surface area contributed by atoms with Gasteiger partial charge in [0.15, 0.2) is 0 Å². The lowest BCUT2D eigenvalue weighted by Crippen LogP contribution is -2.19. The molecule has 0 saturated carbocycles. The van der Waals surface area contributed by atoms with Gasteiger partial charge in [-0.2, -0.15) is 10.4 Å². The van der Waals surface area contributed by atoms with Crippen molar-refractivity contribution in [1.29, 1.82) is 5.26 Å². The maximum Gasteiger partial charge on any atom is 0.245 e. The quantitative estimate of drug-likeness (QED) is 0.683. The first-order chi connectivity index (χ1) is 9.28. The van der Waals surface area contributed by atoms with Crippen molar-refractivity contribution in [3.8, 4) is 6.07 Å². The van der Waals surface area contributed by atoms with Gasteiger partial charge >= 0.3 is 0 Å². The molecule has 5 heteroatoms. The lowest BCUT2D eigenvalue weighted by molar-refractivity contribution is -0.120. The average Bonchev–Trinajstić information content (AvgIpc) is 2.92. The minimum absolute atomic E-state index is 0.146. The number of nitrogens with one attached hydrogen (secondary N) is 1. The Labute approximate surface area is 115 Å². The van der Waals surface area contributed by atoms with E-state index < -0.39 is 0 Å². The van der Waals surface area contributed by atoms with Crippen molar-refractivity contribution in [3.63, 3.8) is 0 Å². The summed E-state index contributed by atoms with van der Waals surface area (Å²) in [5.41, 5.74) is 3.90. The molecule has 0 fully saturated rings. The van der Waals surface area contributed by atoms with Gasteiger partial charge in [0.2, 0.25) is 5.91 Å². The van der Waals surface area contributed by atoms with E-state index in [-0.39, 0.29) is 5.91 Å². The van der Waals surface area contributed by atoms with Gasteiger partial charge in [-0.15, -0.1) is 11.3 Å². The minimum atomic E-state index is -0.146. The van der Waals surface area contributed by atoms with Crippen LogP contribution in [-0.2, 0) is 11.2 Å². The van der Waals surface area contributed by atoms with Crippen molar-refractivity contribution < 1.29 is 4.79 Å². The molecule has 4 nitrogen and oxygen atoms in total. The molecule has 0 atom stereocenters. The van der Waals surface area contributed by atoms with Crippen molar-refractivity contribution >= 4 is 23.5 Å². The fraction of sp³-hybridized carbons (Fsp3) is 0.0714. The van der Waals surface area contributed by atoms with Crippen molar-refractivity contribution in [3.05, 3.63) is 57.8 Å².